The summed E-state index contributed by atoms with van der Waals surface area (Å²) in [5.41, 5.74) is 2.75. The summed E-state index contributed by atoms with van der Waals surface area (Å²) in [5, 5.41) is 12.1. The molecule has 4 nitrogen and oxygen atoms in total. The van der Waals surface area contributed by atoms with E-state index in [9.17, 15) is 0 Å². The average molecular weight is 226 g/mol. The third-order valence-corrected chi connectivity index (χ3v) is 2.59. The fourth-order valence-corrected chi connectivity index (χ4v) is 1.66. The van der Waals surface area contributed by atoms with E-state index >= 15 is 0 Å². The fraction of sp³-hybridized carbons (Fsp3) is 0.231. The lowest BCUT2D eigenvalue weighted by Gasteiger charge is -2.06. The van der Waals surface area contributed by atoms with Crippen LogP contribution in [-0.4, -0.2) is 16.5 Å². The summed E-state index contributed by atoms with van der Waals surface area (Å²) >= 11 is 0. The quantitative estimate of drug-likeness (QED) is 0.840. The normalized spacial score (nSPS) is 9.88. The number of aromatic amines is 1. The number of H-pyrrole nitrogens is 1. The molecule has 1 aromatic carbocycles. The second-order valence-corrected chi connectivity index (χ2v) is 3.85. The molecule has 0 atom stereocenters. The monoisotopic (exact) mass is 226 g/mol. The predicted octanol–water partition coefficient (Wildman–Crippen LogP) is 2.24. The lowest BCUT2D eigenvalue weighted by atomic mass is 10.1. The number of hydrogen-bond acceptors (Lipinski definition) is 3. The molecule has 2 aromatic rings. The highest BCUT2D eigenvalue weighted by atomic mass is 14.9. The van der Waals surface area contributed by atoms with E-state index < -0.39 is 0 Å². The molecule has 0 fully saturated rings. The van der Waals surface area contributed by atoms with Crippen LogP contribution in [0.5, 0.6) is 0 Å². The Morgan fingerprint density at radius 1 is 1.47 bits per heavy atom. The molecule has 0 spiro atoms. The van der Waals surface area contributed by atoms with Gasteiger partial charge in [-0.3, -0.25) is 0 Å². The molecule has 0 amide bonds. The Balaban J connectivity index is 1.91. The van der Waals surface area contributed by atoms with E-state index in [0.29, 0.717) is 0 Å². The van der Waals surface area contributed by atoms with Gasteiger partial charge in [-0.1, -0.05) is 0 Å². The standard InChI is InChI=1S/C13H14N4/c1-10-8-12(3-2-11(10)9-14)15-5-4-13-16-6-7-17-13/h2-3,6-8,15H,4-5H2,1H3,(H,16,17). The summed E-state index contributed by atoms with van der Waals surface area (Å²) in [6.07, 6.45) is 4.43. The maximum Gasteiger partial charge on any atom is 0.107 e. The van der Waals surface area contributed by atoms with Gasteiger partial charge in [0, 0.05) is 31.0 Å². The van der Waals surface area contributed by atoms with Crippen molar-refractivity contribution in [3.8, 4) is 6.07 Å². The van der Waals surface area contributed by atoms with Crippen molar-refractivity contribution >= 4 is 5.69 Å². The summed E-state index contributed by atoms with van der Waals surface area (Å²) in [6.45, 7) is 2.76. The minimum Gasteiger partial charge on any atom is -0.385 e. The van der Waals surface area contributed by atoms with E-state index in [4.69, 9.17) is 5.26 Å². The van der Waals surface area contributed by atoms with E-state index in [0.717, 1.165) is 35.6 Å². The third kappa shape index (κ3) is 2.85. The van der Waals surface area contributed by atoms with Gasteiger partial charge in [-0.15, -0.1) is 0 Å². The molecule has 0 saturated heterocycles. The molecule has 17 heavy (non-hydrogen) atoms. The first-order valence-corrected chi connectivity index (χ1v) is 5.52. The van der Waals surface area contributed by atoms with Gasteiger partial charge in [0.05, 0.1) is 11.6 Å². The van der Waals surface area contributed by atoms with Crippen molar-refractivity contribution in [2.75, 3.05) is 11.9 Å². The van der Waals surface area contributed by atoms with Crippen molar-refractivity contribution in [3.63, 3.8) is 0 Å². The van der Waals surface area contributed by atoms with Crippen LogP contribution in [0.25, 0.3) is 0 Å². The summed E-state index contributed by atoms with van der Waals surface area (Å²) < 4.78 is 0. The van der Waals surface area contributed by atoms with Gasteiger partial charge in [-0.25, -0.2) is 4.98 Å². The minimum absolute atomic E-state index is 0.724. The van der Waals surface area contributed by atoms with Crippen molar-refractivity contribution in [2.45, 2.75) is 13.3 Å². The number of nitriles is 1. The number of aryl methyl sites for hydroxylation is 1. The second-order valence-electron chi connectivity index (χ2n) is 3.85. The first-order valence-electron chi connectivity index (χ1n) is 5.52. The van der Waals surface area contributed by atoms with Crippen LogP contribution in [0.15, 0.2) is 30.6 Å². The Morgan fingerprint density at radius 3 is 3.00 bits per heavy atom. The van der Waals surface area contributed by atoms with Crippen molar-refractivity contribution in [2.24, 2.45) is 0 Å². The summed E-state index contributed by atoms with van der Waals surface area (Å²) in [4.78, 5) is 7.21. The number of nitrogens with one attached hydrogen (secondary N) is 2. The molecule has 0 saturated carbocycles. The van der Waals surface area contributed by atoms with E-state index in [2.05, 4.69) is 21.4 Å². The number of benzene rings is 1. The van der Waals surface area contributed by atoms with Gasteiger partial charge in [-0.2, -0.15) is 5.26 Å². The van der Waals surface area contributed by atoms with Crippen LogP contribution < -0.4 is 5.32 Å². The van der Waals surface area contributed by atoms with E-state index in [1.165, 1.54) is 0 Å². The Hall–Kier alpha value is -2.28. The van der Waals surface area contributed by atoms with Crippen molar-refractivity contribution in [3.05, 3.63) is 47.5 Å². The Labute approximate surface area is 100 Å². The zero-order valence-electron chi connectivity index (χ0n) is 9.70. The SMILES string of the molecule is Cc1cc(NCCc2ncc[nH]2)ccc1C#N. The second kappa shape index (κ2) is 5.17. The Bertz CT molecular complexity index is 523. The maximum absolute atomic E-state index is 8.83. The molecule has 0 bridgehead atoms. The molecule has 0 aliphatic heterocycles. The molecule has 2 N–H and O–H groups in total. The van der Waals surface area contributed by atoms with Gasteiger partial charge in [-0.05, 0) is 30.7 Å². The molecule has 0 aliphatic rings. The summed E-state index contributed by atoms with van der Waals surface area (Å²) in [5.74, 6) is 0.975. The predicted molar refractivity (Wildman–Crippen MR) is 66.7 cm³/mol. The first kappa shape index (κ1) is 11.2. The highest BCUT2D eigenvalue weighted by Crippen LogP contribution is 2.14. The smallest absolute Gasteiger partial charge is 0.107 e. The van der Waals surface area contributed by atoms with Gasteiger partial charge >= 0.3 is 0 Å². The van der Waals surface area contributed by atoms with Gasteiger partial charge < -0.3 is 10.3 Å². The van der Waals surface area contributed by atoms with Gasteiger partial charge in [0.1, 0.15) is 5.82 Å². The van der Waals surface area contributed by atoms with Crippen molar-refractivity contribution < 1.29 is 0 Å². The van der Waals surface area contributed by atoms with E-state index in [-0.39, 0.29) is 0 Å². The molecular formula is C13H14N4. The van der Waals surface area contributed by atoms with Crippen LogP contribution in [0.1, 0.15) is 17.0 Å². The highest BCUT2D eigenvalue weighted by Gasteiger charge is 1.99. The molecule has 1 aromatic heterocycles. The molecule has 1 heterocycles. The lowest BCUT2D eigenvalue weighted by molar-refractivity contribution is 0.927. The van der Waals surface area contributed by atoms with Crippen LogP contribution in [0, 0.1) is 18.3 Å². The molecule has 2 rings (SSSR count). The van der Waals surface area contributed by atoms with Crippen LogP contribution in [0.2, 0.25) is 0 Å². The minimum atomic E-state index is 0.724. The number of nitrogens with zero attached hydrogens (tertiary/aromatic N) is 2. The van der Waals surface area contributed by atoms with Crippen molar-refractivity contribution in [1.82, 2.24) is 9.97 Å². The first-order chi connectivity index (χ1) is 8.29. The highest BCUT2D eigenvalue weighted by molar-refractivity contribution is 5.51. The Kier molecular flexibility index (Phi) is 3.41. The number of hydrogen-bond donors (Lipinski definition) is 2. The number of aromatic nitrogens is 2. The van der Waals surface area contributed by atoms with Gasteiger partial charge in [0.25, 0.3) is 0 Å². The molecule has 86 valence electrons. The fourth-order valence-electron chi connectivity index (χ4n) is 1.66. The lowest BCUT2D eigenvalue weighted by Crippen LogP contribution is -2.06. The van der Waals surface area contributed by atoms with Crippen LogP contribution in [0.4, 0.5) is 5.69 Å². The van der Waals surface area contributed by atoms with Crippen molar-refractivity contribution in [1.29, 1.82) is 5.26 Å². The Morgan fingerprint density at radius 2 is 2.35 bits per heavy atom. The number of rotatable bonds is 4. The molecule has 0 aliphatic carbocycles. The number of anilines is 1. The zero-order valence-corrected chi connectivity index (χ0v) is 9.70. The molecular weight excluding hydrogens is 212 g/mol. The molecule has 4 heteroatoms. The largest absolute Gasteiger partial charge is 0.385 e. The van der Waals surface area contributed by atoms with Crippen LogP contribution in [0.3, 0.4) is 0 Å². The molecule has 0 unspecified atom stereocenters. The summed E-state index contributed by atoms with van der Waals surface area (Å²) in [7, 11) is 0. The maximum atomic E-state index is 8.83. The van der Waals surface area contributed by atoms with Crippen LogP contribution >= 0.6 is 0 Å². The number of imidazole rings is 1. The van der Waals surface area contributed by atoms with Gasteiger partial charge in [0.2, 0.25) is 0 Å². The third-order valence-electron chi connectivity index (χ3n) is 2.59. The zero-order chi connectivity index (χ0) is 12.1. The summed E-state index contributed by atoms with van der Waals surface area (Å²) in [6, 6.07) is 7.91. The van der Waals surface area contributed by atoms with Crippen LogP contribution in [-0.2, 0) is 6.42 Å². The van der Waals surface area contributed by atoms with E-state index in [1.54, 1.807) is 6.20 Å². The topological polar surface area (TPSA) is 64.5 Å². The average Bonchev–Trinajstić information content (AvgIpc) is 2.82. The van der Waals surface area contributed by atoms with E-state index in [1.807, 2.05) is 31.3 Å². The van der Waals surface area contributed by atoms with Gasteiger partial charge in [0.15, 0.2) is 0 Å². The molecule has 0 radical (unpaired) electrons.